The minimum absolute atomic E-state index is 0.0121. The lowest BCUT2D eigenvalue weighted by molar-refractivity contribution is -0.115. The number of carbonyl (C=O) groups excluding carboxylic acids is 1. The molecule has 0 spiro atoms. The molecule has 1 aliphatic heterocycles. The summed E-state index contributed by atoms with van der Waals surface area (Å²) in [4.78, 5) is 11.4. The number of rotatable bonds is 4. The molecule has 2 unspecified atom stereocenters. The van der Waals surface area contributed by atoms with Gasteiger partial charge in [-0.25, -0.2) is 0 Å². The molecule has 1 aromatic rings. The van der Waals surface area contributed by atoms with Crippen molar-refractivity contribution < 1.29 is 4.79 Å². The van der Waals surface area contributed by atoms with Gasteiger partial charge in [0.05, 0.1) is 10.7 Å². The zero-order valence-electron chi connectivity index (χ0n) is 11.2. The van der Waals surface area contributed by atoms with Crippen molar-refractivity contribution in [1.29, 1.82) is 0 Å². The van der Waals surface area contributed by atoms with Gasteiger partial charge in [0, 0.05) is 23.4 Å². The van der Waals surface area contributed by atoms with Crippen LogP contribution < -0.4 is 10.6 Å². The highest BCUT2D eigenvalue weighted by Crippen LogP contribution is 2.32. The van der Waals surface area contributed by atoms with Gasteiger partial charge < -0.3 is 10.6 Å². The number of hydrogen-bond acceptors (Lipinski definition) is 3. The van der Waals surface area contributed by atoms with Gasteiger partial charge in [0.2, 0.25) is 5.91 Å². The molecule has 0 aromatic heterocycles. The van der Waals surface area contributed by atoms with Gasteiger partial charge in [-0.3, -0.25) is 4.79 Å². The number of hydrogen-bond donors (Lipinski definition) is 2. The van der Waals surface area contributed by atoms with Gasteiger partial charge in [0.25, 0.3) is 0 Å². The van der Waals surface area contributed by atoms with Gasteiger partial charge in [-0.05, 0) is 30.4 Å². The minimum Gasteiger partial charge on any atom is -0.380 e. The van der Waals surface area contributed by atoms with Crippen molar-refractivity contribution in [1.82, 2.24) is 0 Å². The van der Waals surface area contributed by atoms with Crippen LogP contribution >= 0.6 is 23.4 Å². The standard InChI is InChI=1S/C14H19ClN2OS/c1-3-14(18)16-10-4-5-11(15)13(8-10)17-12-6-7-19-9(12)2/h4-5,8-9,12,17H,3,6-7H2,1-2H3,(H,16,18). The molecule has 0 saturated carbocycles. The van der Waals surface area contributed by atoms with Crippen LogP contribution in [0.25, 0.3) is 0 Å². The summed E-state index contributed by atoms with van der Waals surface area (Å²) in [6.07, 6.45) is 1.62. The van der Waals surface area contributed by atoms with Crippen LogP contribution in [0.2, 0.25) is 5.02 Å². The van der Waals surface area contributed by atoms with E-state index in [1.807, 2.05) is 36.9 Å². The number of thioether (sulfide) groups is 1. The summed E-state index contributed by atoms with van der Waals surface area (Å²) >= 11 is 8.18. The van der Waals surface area contributed by atoms with Gasteiger partial charge >= 0.3 is 0 Å². The van der Waals surface area contributed by atoms with Gasteiger partial charge in [-0.1, -0.05) is 25.4 Å². The summed E-state index contributed by atoms with van der Waals surface area (Å²) < 4.78 is 0. The fourth-order valence-corrected chi connectivity index (χ4v) is 3.45. The van der Waals surface area contributed by atoms with Crippen molar-refractivity contribution in [2.75, 3.05) is 16.4 Å². The first-order valence-corrected chi connectivity index (χ1v) is 8.00. The first-order valence-electron chi connectivity index (χ1n) is 6.57. The van der Waals surface area contributed by atoms with E-state index in [0.717, 1.165) is 17.8 Å². The van der Waals surface area contributed by atoms with Gasteiger partial charge in [0.15, 0.2) is 0 Å². The fourth-order valence-electron chi connectivity index (χ4n) is 2.08. The van der Waals surface area contributed by atoms with E-state index in [9.17, 15) is 4.79 Å². The van der Waals surface area contributed by atoms with Crippen LogP contribution in [0, 0.1) is 0 Å². The SMILES string of the molecule is CCC(=O)Nc1ccc(Cl)c(NC2CCSC2C)c1. The Morgan fingerprint density at radius 2 is 2.32 bits per heavy atom. The van der Waals surface area contributed by atoms with Crippen LogP contribution in [-0.4, -0.2) is 23.0 Å². The Morgan fingerprint density at radius 1 is 1.53 bits per heavy atom. The van der Waals surface area contributed by atoms with Gasteiger partial charge in [-0.15, -0.1) is 0 Å². The molecule has 2 rings (SSSR count). The molecular weight excluding hydrogens is 280 g/mol. The summed E-state index contributed by atoms with van der Waals surface area (Å²) in [5, 5.41) is 7.62. The third-order valence-corrected chi connectivity index (χ3v) is 4.94. The van der Waals surface area contributed by atoms with Crippen LogP contribution in [0.15, 0.2) is 18.2 Å². The lowest BCUT2D eigenvalue weighted by atomic mass is 10.1. The molecule has 1 aliphatic rings. The first kappa shape index (κ1) is 14.5. The topological polar surface area (TPSA) is 41.1 Å². The molecule has 1 aromatic carbocycles. The maximum atomic E-state index is 11.4. The number of carbonyl (C=O) groups is 1. The Bertz CT molecular complexity index is 467. The smallest absolute Gasteiger partial charge is 0.224 e. The summed E-state index contributed by atoms with van der Waals surface area (Å²) in [6.45, 7) is 4.06. The van der Waals surface area contributed by atoms with E-state index in [1.54, 1.807) is 0 Å². The molecule has 2 N–H and O–H groups in total. The molecule has 1 saturated heterocycles. The maximum Gasteiger partial charge on any atom is 0.224 e. The van der Waals surface area contributed by atoms with Crippen molar-refractivity contribution >= 4 is 40.6 Å². The van der Waals surface area contributed by atoms with Crippen molar-refractivity contribution in [3.05, 3.63) is 23.2 Å². The van der Waals surface area contributed by atoms with E-state index in [1.165, 1.54) is 5.75 Å². The molecule has 2 atom stereocenters. The lowest BCUT2D eigenvalue weighted by Crippen LogP contribution is -2.24. The Morgan fingerprint density at radius 3 is 2.95 bits per heavy atom. The maximum absolute atomic E-state index is 11.4. The molecule has 1 fully saturated rings. The monoisotopic (exact) mass is 298 g/mol. The minimum atomic E-state index is 0.0121. The van der Waals surface area contributed by atoms with Crippen LogP contribution in [0.1, 0.15) is 26.7 Å². The second-order valence-corrected chi connectivity index (χ2v) is 6.60. The zero-order valence-corrected chi connectivity index (χ0v) is 12.8. The summed E-state index contributed by atoms with van der Waals surface area (Å²) in [7, 11) is 0. The molecule has 0 bridgehead atoms. The molecule has 1 amide bonds. The van der Waals surface area contributed by atoms with Crippen LogP contribution in [0.4, 0.5) is 11.4 Å². The quantitative estimate of drug-likeness (QED) is 0.883. The Hall–Kier alpha value is -0.870. The molecule has 0 aliphatic carbocycles. The van der Waals surface area contributed by atoms with E-state index in [0.29, 0.717) is 22.7 Å². The van der Waals surface area contributed by atoms with E-state index in [-0.39, 0.29) is 5.91 Å². The molecule has 3 nitrogen and oxygen atoms in total. The fraction of sp³-hybridized carbons (Fsp3) is 0.500. The Balaban J connectivity index is 2.10. The molecular formula is C14H19ClN2OS. The molecule has 5 heteroatoms. The molecule has 19 heavy (non-hydrogen) atoms. The summed E-state index contributed by atoms with van der Waals surface area (Å²) in [5.74, 6) is 1.20. The van der Waals surface area contributed by atoms with E-state index < -0.39 is 0 Å². The number of benzene rings is 1. The van der Waals surface area contributed by atoms with Crippen molar-refractivity contribution in [2.45, 2.75) is 38.0 Å². The Labute approximate surface area is 123 Å². The largest absolute Gasteiger partial charge is 0.380 e. The van der Waals surface area contributed by atoms with Crippen molar-refractivity contribution in [3.63, 3.8) is 0 Å². The highest BCUT2D eigenvalue weighted by atomic mass is 35.5. The number of anilines is 2. The Kier molecular flexibility index (Phi) is 4.99. The second-order valence-electron chi connectivity index (χ2n) is 4.71. The van der Waals surface area contributed by atoms with E-state index in [4.69, 9.17) is 11.6 Å². The normalized spacial score (nSPS) is 22.3. The number of amides is 1. The molecule has 1 heterocycles. The number of halogens is 1. The second kappa shape index (κ2) is 6.53. The predicted octanol–water partition coefficient (Wildman–Crippen LogP) is 3.99. The van der Waals surface area contributed by atoms with E-state index >= 15 is 0 Å². The van der Waals surface area contributed by atoms with Crippen LogP contribution in [0.3, 0.4) is 0 Å². The number of nitrogens with one attached hydrogen (secondary N) is 2. The highest BCUT2D eigenvalue weighted by Gasteiger charge is 2.24. The van der Waals surface area contributed by atoms with Gasteiger partial charge in [0.1, 0.15) is 0 Å². The van der Waals surface area contributed by atoms with Gasteiger partial charge in [-0.2, -0.15) is 11.8 Å². The lowest BCUT2D eigenvalue weighted by Gasteiger charge is -2.19. The summed E-state index contributed by atoms with van der Waals surface area (Å²) in [5.41, 5.74) is 1.69. The van der Waals surface area contributed by atoms with Crippen molar-refractivity contribution in [2.24, 2.45) is 0 Å². The van der Waals surface area contributed by atoms with Crippen molar-refractivity contribution in [3.8, 4) is 0 Å². The van der Waals surface area contributed by atoms with E-state index in [2.05, 4.69) is 17.6 Å². The summed E-state index contributed by atoms with van der Waals surface area (Å²) in [6, 6.07) is 6.00. The first-order chi connectivity index (χ1) is 9.10. The average molecular weight is 299 g/mol. The molecule has 0 radical (unpaired) electrons. The zero-order chi connectivity index (χ0) is 13.8. The van der Waals surface area contributed by atoms with Crippen LogP contribution in [0.5, 0.6) is 0 Å². The highest BCUT2D eigenvalue weighted by molar-refractivity contribution is 8.00. The molecule has 104 valence electrons. The third-order valence-electron chi connectivity index (χ3n) is 3.29. The van der Waals surface area contributed by atoms with Crippen LogP contribution in [-0.2, 0) is 4.79 Å². The predicted molar refractivity (Wildman–Crippen MR) is 84.3 cm³/mol. The third kappa shape index (κ3) is 3.80. The average Bonchev–Trinajstić information content (AvgIpc) is 2.79.